The highest BCUT2D eigenvalue weighted by atomic mass is 79.9. The van der Waals surface area contributed by atoms with Crippen LogP contribution in [0.25, 0.3) is 22.0 Å². The van der Waals surface area contributed by atoms with Crippen LogP contribution in [0.1, 0.15) is 23.2 Å². The lowest BCUT2D eigenvalue weighted by Gasteiger charge is -2.09. The van der Waals surface area contributed by atoms with E-state index in [1.807, 2.05) is 0 Å². The van der Waals surface area contributed by atoms with E-state index in [0.29, 0.717) is 0 Å². The molecule has 4 aromatic rings. The molecule has 1 aliphatic rings. The molecule has 4 heteroatoms. The van der Waals surface area contributed by atoms with E-state index in [1.165, 1.54) is 38.9 Å². The normalized spacial score (nSPS) is 13.7. The van der Waals surface area contributed by atoms with Gasteiger partial charge in [-0.1, -0.05) is 52.3 Å². The summed E-state index contributed by atoms with van der Waals surface area (Å²) >= 11 is 3.49. The van der Waals surface area contributed by atoms with Crippen molar-refractivity contribution in [1.82, 2.24) is 10.3 Å². The van der Waals surface area contributed by atoms with Crippen LogP contribution in [0.3, 0.4) is 0 Å². The van der Waals surface area contributed by atoms with E-state index in [-0.39, 0.29) is 0 Å². The zero-order valence-electron chi connectivity index (χ0n) is 17.6. The summed E-state index contributed by atoms with van der Waals surface area (Å²) in [7, 11) is 0. The van der Waals surface area contributed by atoms with Crippen molar-refractivity contribution in [2.75, 3.05) is 19.7 Å². The van der Waals surface area contributed by atoms with Crippen LogP contribution >= 0.6 is 15.9 Å². The average molecular weight is 475 g/mol. The Morgan fingerprint density at radius 2 is 1.58 bits per heavy atom. The summed E-state index contributed by atoms with van der Waals surface area (Å²) < 4.78 is 7.14. The minimum Gasteiger partial charge on any atom is -0.494 e. The number of aromatic nitrogens is 1. The van der Waals surface area contributed by atoms with Gasteiger partial charge in [0.2, 0.25) is 0 Å². The number of ether oxygens (including phenoxy) is 1. The molecule has 0 atom stereocenters. The third-order valence-electron chi connectivity index (χ3n) is 6.10. The van der Waals surface area contributed by atoms with Crippen LogP contribution in [0.5, 0.6) is 5.75 Å². The molecule has 1 aliphatic heterocycles. The lowest BCUT2D eigenvalue weighted by atomic mass is 9.99. The van der Waals surface area contributed by atoms with Crippen LogP contribution in [0.15, 0.2) is 71.2 Å². The van der Waals surface area contributed by atoms with Crippen molar-refractivity contribution < 1.29 is 4.74 Å². The number of nitrogens with one attached hydrogen (secondary N) is 2. The van der Waals surface area contributed by atoms with E-state index in [0.717, 1.165) is 55.6 Å². The number of H-pyrrole nitrogens is 1. The van der Waals surface area contributed by atoms with Gasteiger partial charge in [-0.25, -0.2) is 0 Å². The number of aromatic amines is 1. The predicted molar refractivity (Wildman–Crippen MR) is 132 cm³/mol. The molecule has 0 saturated carbocycles. The van der Waals surface area contributed by atoms with Crippen molar-refractivity contribution in [3.05, 3.63) is 88.0 Å². The first-order valence-electron chi connectivity index (χ1n) is 11.1. The van der Waals surface area contributed by atoms with Crippen LogP contribution in [0.2, 0.25) is 0 Å². The molecule has 158 valence electrons. The highest BCUT2D eigenvalue weighted by Gasteiger charge is 2.16. The number of halogens is 1. The zero-order valence-corrected chi connectivity index (χ0v) is 19.2. The maximum atomic E-state index is 6.04. The molecular weight excluding hydrogens is 448 g/mol. The van der Waals surface area contributed by atoms with Crippen molar-refractivity contribution in [2.24, 2.45) is 0 Å². The molecule has 1 aromatic heterocycles. The zero-order chi connectivity index (χ0) is 21.0. The number of rotatable bonds is 6. The molecule has 0 aliphatic carbocycles. The third kappa shape index (κ3) is 4.56. The molecule has 3 aromatic carbocycles. The smallest absolute Gasteiger partial charge is 0.119 e. The van der Waals surface area contributed by atoms with Gasteiger partial charge >= 0.3 is 0 Å². The van der Waals surface area contributed by atoms with E-state index in [4.69, 9.17) is 4.74 Å². The van der Waals surface area contributed by atoms with Crippen molar-refractivity contribution >= 4 is 26.8 Å². The van der Waals surface area contributed by atoms with Crippen molar-refractivity contribution in [1.29, 1.82) is 0 Å². The fraction of sp³-hybridized carbons (Fsp3) is 0.259. The van der Waals surface area contributed by atoms with Crippen LogP contribution in [0.4, 0.5) is 0 Å². The molecule has 0 unspecified atom stereocenters. The molecule has 0 spiro atoms. The maximum absolute atomic E-state index is 6.04. The summed E-state index contributed by atoms with van der Waals surface area (Å²) in [6, 6.07) is 23.4. The van der Waals surface area contributed by atoms with Gasteiger partial charge in [0.15, 0.2) is 0 Å². The Morgan fingerprint density at radius 3 is 2.39 bits per heavy atom. The number of hydrogen-bond donors (Lipinski definition) is 2. The van der Waals surface area contributed by atoms with Gasteiger partial charge in [-0.05, 0) is 78.4 Å². The van der Waals surface area contributed by atoms with Crippen LogP contribution < -0.4 is 10.1 Å². The predicted octanol–water partition coefficient (Wildman–Crippen LogP) is 6.30. The molecule has 31 heavy (non-hydrogen) atoms. The highest BCUT2D eigenvalue weighted by molar-refractivity contribution is 9.10. The van der Waals surface area contributed by atoms with Crippen molar-refractivity contribution in [2.45, 2.75) is 25.7 Å². The van der Waals surface area contributed by atoms with Gasteiger partial charge in [0.1, 0.15) is 5.75 Å². The second kappa shape index (κ2) is 9.29. The Kier molecular flexibility index (Phi) is 6.10. The molecular formula is C27H27BrN2O. The van der Waals surface area contributed by atoms with Gasteiger partial charge in [0.25, 0.3) is 0 Å². The summed E-state index contributed by atoms with van der Waals surface area (Å²) in [4.78, 5) is 3.66. The van der Waals surface area contributed by atoms with E-state index in [2.05, 4.69) is 93.0 Å². The Morgan fingerprint density at radius 1 is 0.839 bits per heavy atom. The van der Waals surface area contributed by atoms with Gasteiger partial charge in [-0.3, -0.25) is 0 Å². The summed E-state index contributed by atoms with van der Waals surface area (Å²) in [5, 5.41) is 4.95. The lowest BCUT2D eigenvalue weighted by molar-refractivity contribution is 0.311. The fourth-order valence-corrected chi connectivity index (χ4v) is 4.80. The Hall–Kier alpha value is -2.56. The molecule has 0 bridgehead atoms. The first-order valence-corrected chi connectivity index (χ1v) is 11.9. The van der Waals surface area contributed by atoms with E-state index in [1.54, 1.807) is 0 Å². The molecule has 5 rings (SSSR count). The topological polar surface area (TPSA) is 37.0 Å². The largest absolute Gasteiger partial charge is 0.494 e. The SMILES string of the molecule is Brc1ccc(-c2ccc(OCCCc3cccc4[nH]c5c(c34)CCNCC5)cc2)cc1. The first-order chi connectivity index (χ1) is 15.3. The van der Waals surface area contributed by atoms with Crippen molar-refractivity contribution in [3.8, 4) is 16.9 Å². The monoisotopic (exact) mass is 474 g/mol. The van der Waals surface area contributed by atoms with Crippen molar-refractivity contribution in [3.63, 3.8) is 0 Å². The van der Waals surface area contributed by atoms with E-state index in [9.17, 15) is 0 Å². The minimum absolute atomic E-state index is 0.724. The molecule has 3 nitrogen and oxygen atoms in total. The molecule has 0 fully saturated rings. The van der Waals surface area contributed by atoms with Gasteiger partial charge < -0.3 is 15.0 Å². The Labute approximate surface area is 192 Å². The lowest BCUT2D eigenvalue weighted by Crippen LogP contribution is -2.16. The minimum atomic E-state index is 0.724. The van der Waals surface area contributed by atoms with Gasteiger partial charge in [0, 0.05) is 34.0 Å². The third-order valence-corrected chi connectivity index (χ3v) is 6.63. The summed E-state index contributed by atoms with van der Waals surface area (Å²) in [5.41, 5.74) is 8.06. The quantitative estimate of drug-likeness (QED) is 0.321. The van der Waals surface area contributed by atoms with Gasteiger partial charge in [-0.2, -0.15) is 0 Å². The standard InChI is InChI=1S/C27H27BrN2O/c28-22-10-6-19(7-11-22)20-8-12-23(13-9-20)31-18-2-4-21-3-1-5-26-27(21)24-14-16-29-17-15-25(24)30-26/h1,3,5-13,29-30H,2,4,14-18H2. The molecule has 0 radical (unpaired) electrons. The van der Waals surface area contributed by atoms with Gasteiger partial charge in [-0.15, -0.1) is 0 Å². The van der Waals surface area contributed by atoms with Gasteiger partial charge in [0.05, 0.1) is 6.61 Å². The first kappa shape index (κ1) is 20.3. The molecule has 0 saturated heterocycles. The molecule has 2 N–H and O–H groups in total. The van der Waals surface area contributed by atoms with E-state index >= 15 is 0 Å². The second-order valence-corrected chi connectivity index (χ2v) is 9.07. The maximum Gasteiger partial charge on any atom is 0.119 e. The number of benzene rings is 3. The van der Waals surface area contributed by atoms with E-state index < -0.39 is 0 Å². The Bertz CT molecular complexity index is 1160. The molecule has 2 heterocycles. The van der Waals surface area contributed by atoms with Crippen LogP contribution in [0, 0.1) is 0 Å². The summed E-state index contributed by atoms with van der Waals surface area (Å²) in [5.74, 6) is 0.931. The highest BCUT2D eigenvalue weighted by Crippen LogP contribution is 2.29. The number of hydrogen-bond acceptors (Lipinski definition) is 2. The van der Waals surface area contributed by atoms with Crippen LogP contribution in [-0.2, 0) is 19.3 Å². The second-order valence-electron chi connectivity index (χ2n) is 8.16. The number of aryl methyl sites for hydroxylation is 1. The average Bonchev–Trinajstić information content (AvgIpc) is 3.00. The number of fused-ring (bicyclic) bond motifs is 3. The molecule has 0 amide bonds. The Balaban J connectivity index is 1.21. The summed E-state index contributed by atoms with van der Waals surface area (Å²) in [6.45, 7) is 2.85. The summed E-state index contributed by atoms with van der Waals surface area (Å²) in [6.07, 6.45) is 4.23. The fourth-order valence-electron chi connectivity index (χ4n) is 4.54. The van der Waals surface area contributed by atoms with Crippen LogP contribution in [-0.4, -0.2) is 24.7 Å².